The molecule has 2 rings (SSSR count). The van der Waals surface area contributed by atoms with Gasteiger partial charge >= 0.3 is 0 Å². The van der Waals surface area contributed by atoms with Crippen molar-refractivity contribution in [2.24, 2.45) is 0 Å². The predicted octanol–water partition coefficient (Wildman–Crippen LogP) is 2.12. The molecule has 106 valence electrons. The second kappa shape index (κ2) is 5.15. The van der Waals surface area contributed by atoms with E-state index in [0.29, 0.717) is 0 Å². The van der Waals surface area contributed by atoms with Crippen LogP contribution in [0.25, 0.3) is 0 Å². The molecule has 0 N–H and O–H groups in total. The SMILES string of the molecule is Cc1ccc(S(=O)(=O)OCCOC2CC2(F)F)cc1. The lowest BCUT2D eigenvalue weighted by molar-refractivity contribution is 0.00480. The highest BCUT2D eigenvalue weighted by Gasteiger charge is 2.58. The molecule has 1 aliphatic rings. The standard InChI is InChI=1S/C12H14F2O4S/c1-9-2-4-10(5-3-9)19(15,16)18-7-6-17-11-8-12(11,13)14/h2-5,11H,6-8H2,1H3. The third-order valence-electron chi connectivity index (χ3n) is 2.72. The van der Waals surface area contributed by atoms with E-state index in [1.54, 1.807) is 12.1 Å². The van der Waals surface area contributed by atoms with Crippen molar-refractivity contribution in [2.75, 3.05) is 13.2 Å². The van der Waals surface area contributed by atoms with Crippen LogP contribution in [-0.2, 0) is 19.0 Å². The van der Waals surface area contributed by atoms with Crippen LogP contribution in [-0.4, -0.2) is 33.7 Å². The Morgan fingerprint density at radius 1 is 1.26 bits per heavy atom. The lowest BCUT2D eigenvalue weighted by atomic mass is 10.2. The number of ether oxygens (including phenoxy) is 1. The summed E-state index contributed by atoms with van der Waals surface area (Å²) in [7, 11) is -3.85. The van der Waals surface area contributed by atoms with Gasteiger partial charge in [-0.25, -0.2) is 8.78 Å². The van der Waals surface area contributed by atoms with E-state index in [-0.39, 0.29) is 24.5 Å². The molecule has 1 aliphatic carbocycles. The van der Waals surface area contributed by atoms with Crippen LogP contribution >= 0.6 is 0 Å². The first-order valence-corrected chi connectivity index (χ1v) is 7.18. The molecule has 4 nitrogen and oxygen atoms in total. The molecule has 1 aromatic rings. The van der Waals surface area contributed by atoms with Gasteiger partial charge in [-0.05, 0) is 19.1 Å². The summed E-state index contributed by atoms with van der Waals surface area (Å²) in [4.78, 5) is 0.0369. The van der Waals surface area contributed by atoms with Gasteiger partial charge in [0.25, 0.3) is 16.0 Å². The summed E-state index contributed by atoms with van der Waals surface area (Å²) in [6.45, 7) is 1.38. The molecule has 0 heterocycles. The summed E-state index contributed by atoms with van der Waals surface area (Å²) in [5, 5.41) is 0. The molecule has 0 aromatic heterocycles. The highest BCUT2D eigenvalue weighted by Crippen LogP contribution is 2.44. The van der Waals surface area contributed by atoms with Crippen LogP contribution in [0.3, 0.4) is 0 Å². The van der Waals surface area contributed by atoms with Gasteiger partial charge in [-0.2, -0.15) is 8.42 Å². The number of hydrogen-bond donors (Lipinski definition) is 0. The van der Waals surface area contributed by atoms with Crippen molar-refractivity contribution >= 4 is 10.1 Å². The van der Waals surface area contributed by atoms with Crippen molar-refractivity contribution in [2.45, 2.75) is 30.3 Å². The second-order valence-corrected chi connectivity index (χ2v) is 6.03. The minimum absolute atomic E-state index is 0.0369. The largest absolute Gasteiger partial charge is 0.369 e. The van der Waals surface area contributed by atoms with Gasteiger partial charge in [0.05, 0.1) is 18.1 Å². The number of halogens is 2. The number of benzene rings is 1. The zero-order valence-corrected chi connectivity index (χ0v) is 11.1. The lowest BCUT2D eigenvalue weighted by Crippen LogP contribution is -2.14. The van der Waals surface area contributed by atoms with Crippen LogP contribution in [0.4, 0.5) is 8.78 Å². The highest BCUT2D eigenvalue weighted by atomic mass is 32.2. The summed E-state index contributed by atoms with van der Waals surface area (Å²) in [5.41, 5.74) is 0.929. The van der Waals surface area contributed by atoms with Crippen molar-refractivity contribution in [3.8, 4) is 0 Å². The fraction of sp³-hybridized carbons (Fsp3) is 0.500. The average molecular weight is 292 g/mol. The quantitative estimate of drug-likeness (QED) is 0.595. The van der Waals surface area contributed by atoms with Crippen molar-refractivity contribution in [1.29, 1.82) is 0 Å². The fourth-order valence-corrected chi connectivity index (χ4v) is 2.37. The van der Waals surface area contributed by atoms with E-state index in [1.165, 1.54) is 12.1 Å². The zero-order valence-electron chi connectivity index (χ0n) is 10.3. The topological polar surface area (TPSA) is 52.6 Å². The zero-order chi connectivity index (χ0) is 14.1. The summed E-state index contributed by atoms with van der Waals surface area (Å²) in [6.07, 6.45) is -1.41. The maximum atomic E-state index is 12.5. The Morgan fingerprint density at radius 2 is 1.84 bits per heavy atom. The summed E-state index contributed by atoms with van der Waals surface area (Å²) >= 11 is 0. The maximum Gasteiger partial charge on any atom is 0.297 e. The van der Waals surface area contributed by atoms with Gasteiger partial charge in [-0.1, -0.05) is 17.7 Å². The lowest BCUT2D eigenvalue weighted by Gasteiger charge is -2.06. The highest BCUT2D eigenvalue weighted by molar-refractivity contribution is 7.86. The van der Waals surface area contributed by atoms with Crippen LogP contribution in [0.1, 0.15) is 12.0 Å². The average Bonchev–Trinajstić information content (AvgIpc) is 2.93. The Bertz CT molecular complexity index is 539. The van der Waals surface area contributed by atoms with E-state index >= 15 is 0 Å². The van der Waals surface area contributed by atoms with Gasteiger partial charge in [0.2, 0.25) is 0 Å². The molecule has 0 saturated heterocycles. The minimum atomic E-state index is -3.85. The van der Waals surface area contributed by atoms with Gasteiger partial charge in [0, 0.05) is 6.42 Å². The first-order chi connectivity index (χ1) is 8.81. The number of alkyl halides is 2. The summed E-state index contributed by atoms with van der Waals surface area (Å²) in [6, 6.07) is 6.16. The number of hydrogen-bond acceptors (Lipinski definition) is 4. The van der Waals surface area contributed by atoms with Crippen LogP contribution < -0.4 is 0 Å². The van der Waals surface area contributed by atoms with E-state index in [2.05, 4.69) is 0 Å². The van der Waals surface area contributed by atoms with E-state index in [0.717, 1.165) is 5.56 Å². The molecule has 1 fully saturated rings. The van der Waals surface area contributed by atoms with E-state index in [1.807, 2.05) is 6.92 Å². The molecule has 0 radical (unpaired) electrons. The fourth-order valence-electron chi connectivity index (χ4n) is 1.48. The Hall–Kier alpha value is -1.05. The molecule has 19 heavy (non-hydrogen) atoms. The summed E-state index contributed by atoms with van der Waals surface area (Å²) < 4.78 is 57.8. The second-order valence-electron chi connectivity index (χ2n) is 4.41. The van der Waals surface area contributed by atoms with Crippen LogP contribution in [0.15, 0.2) is 29.2 Å². The molecule has 7 heteroatoms. The van der Waals surface area contributed by atoms with Gasteiger partial charge in [-0.15, -0.1) is 0 Å². The number of rotatable bonds is 6. The number of aryl methyl sites for hydroxylation is 1. The van der Waals surface area contributed by atoms with Crippen molar-refractivity contribution in [3.05, 3.63) is 29.8 Å². The third-order valence-corrected chi connectivity index (χ3v) is 4.05. The smallest absolute Gasteiger partial charge is 0.297 e. The Labute approximate surface area is 110 Å². The van der Waals surface area contributed by atoms with Gasteiger partial charge in [-0.3, -0.25) is 4.18 Å². The van der Waals surface area contributed by atoms with Crippen LogP contribution in [0, 0.1) is 6.92 Å². The molecular weight excluding hydrogens is 278 g/mol. The predicted molar refractivity (Wildman–Crippen MR) is 63.6 cm³/mol. The van der Waals surface area contributed by atoms with Crippen LogP contribution in [0.2, 0.25) is 0 Å². The van der Waals surface area contributed by atoms with Gasteiger partial charge in [0.15, 0.2) is 0 Å². The normalized spacial score (nSPS) is 21.3. The Balaban J connectivity index is 1.80. The first-order valence-electron chi connectivity index (χ1n) is 5.77. The molecule has 1 aromatic carbocycles. The minimum Gasteiger partial charge on any atom is -0.369 e. The van der Waals surface area contributed by atoms with Crippen molar-refractivity contribution in [3.63, 3.8) is 0 Å². The third kappa shape index (κ3) is 3.71. The van der Waals surface area contributed by atoms with Gasteiger partial charge in [0.1, 0.15) is 6.10 Å². The molecule has 1 unspecified atom stereocenters. The van der Waals surface area contributed by atoms with E-state index < -0.39 is 22.1 Å². The molecular formula is C12H14F2O4S. The van der Waals surface area contributed by atoms with Crippen molar-refractivity contribution < 1.29 is 26.1 Å². The molecule has 1 saturated carbocycles. The molecule has 1 atom stereocenters. The monoisotopic (exact) mass is 292 g/mol. The summed E-state index contributed by atoms with van der Waals surface area (Å²) in [5.74, 6) is -2.77. The van der Waals surface area contributed by atoms with Crippen molar-refractivity contribution in [1.82, 2.24) is 0 Å². The van der Waals surface area contributed by atoms with E-state index in [4.69, 9.17) is 8.92 Å². The maximum absolute atomic E-state index is 12.5. The Kier molecular flexibility index (Phi) is 3.89. The molecule has 0 aliphatic heterocycles. The molecule has 0 amide bonds. The van der Waals surface area contributed by atoms with Gasteiger partial charge < -0.3 is 4.74 Å². The Morgan fingerprint density at radius 3 is 2.37 bits per heavy atom. The molecule has 0 bridgehead atoms. The van der Waals surface area contributed by atoms with Crippen LogP contribution in [0.5, 0.6) is 0 Å². The van der Waals surface area contributed by atoms with E-state index in [9.17, 15) is 17.2 Å². The first kappa shape index (κ1) is 14.4. The molecule has 0 spiro atoms.